The summed E-state index contributed by atoms with van der Waals surface area (Å²) >= 11 is 6.07. The predicted octanol–water partition coefficient (Wildman–Crippen LogP) is 5.22. The number of halogens is 2. The van der Waals surface area contributed by atoms with Crippen molar-refractivity contribution in [3.8, 4) is 22.8 Å². The number of methoxy groups -OCH3 is 1. The Labute approximate surface area is 175 Å². The van der Waals surface area contributed by atoms with Crippen LogP contribution < -0.4 is 4.74 Å². The highest BCUT2D eigenvalue weighted by molar-refractivity contribution is 6.30. The molecule has 0 aliphatic heterocycles. The van der Waals surface area contributed by atoms with Gasteiger partial charge in [0.1, 0.15) is 17.4 Å². The van der Waals surface area contributed by atoms with Gasteiger partial charge in [0.2, 0.25) is 0 Å². The predicted molar refractivity (Wildman–Crippen MR) is 114 cm³/mol. The minimum atomic E-state index is -0.336. The van der Waals surface area contributed by atoms with Gasteiger partial charge in [0.05, 0.1) is 18.4 Å². The van der Waals surface area contributed by atoms with E-state index in [0.29, 0.717) is 10.8 Å². The van der Waals surface area contributed by atoms with Gasteiger partial charge in [0.15, 0.2) is 0 Å². The number of benzene rings is 2. The van der Waals surface area contributed by atoms with Gasteiger partial charge in [0, 0.05) is 42.5 Å². The third-order valence-electron chi connectivity index (χ3n) is 5.28. The summed E-state index contributed by atoms with van der Waals surface area (Å²) in [7, 11) is 3.71. The van der Waals surface area contributed by atoms with Crippen LogP contribution in [0.15, 0.2) is 48.7 Å². The third-order valence-corrected chi connectivity index (χ3v) is 5.53. The van der Waals surface area contributed by atoms with Crippen LogP contribution in [-0.2, 0) is 6.42 Å². The summed E-state index contributed by atoms with van der Waals surface area (Å²) in [4.78, 5) is 7.26. The Morgan fingerprint density at radius 1 is 1.21 bits per heavy atom. The molecule has 0 radical (unpaired) electrons. The van der Waals surface area contributed by atoms with Crippen LogP contribution in [0.25, 0.3) is 17.1 Å². The van der Waals surface area contributed by atoms with E-state index >= 15 is 0 Å². The highest BCUT2D eigenvalue weighted by Gasteiger charge is 2.23. The number of hydrogen-bond donors (Lipinski definition) is 0. The number of ether oxygens (including phenoxy) is 1. The van der Waals surface area contributed by atoms with E-state index in [1.165, 1.54) is 25.0 Å². The van der Waals surface area contributed by atoms with Gasteiger partial charge in [-0.2, -0.15) is 0 Å². The molecule has 1 heterocycles. The number of aromatic nitrogens is 2. The molecule has 4 nitrogen and oxygen atoms in total. The summed E-state index contributed by atoms with van der Waals surface area (Å²) in [5.74, 6) is 1.72. The fraction of sp³-hybridized carbons (Fsp3) is 0.348. The molecule has 4 rings (SSSR count). The molecule has 0 unspecified atom stereocenters. The fourth-order valence-corrected chi connectivity index (χ4v) is 3.65. The first-order valence-corrected chi connectivity index (χ1v) is 10.3. The Morgan fingerprint density at radius 2 is 1.97 bits per heavy atom. The highest BCUT2D eigenvalue weighted by Crippen LogP contribution is 2.32. The molecule has 1 aromatic heterocycles. The SMILES string of the molecule is COc1cc(F)ccc1-c1nc(CCN(C)CC2CC2)cn1-c1ccc(Cl)cc1. The first-order chi connectivity index (χ1) is 14.0. The molecule has 0 amide bonds. The van der Waals surface area contributed by atoms with Crippen molar-refractivity contribution in [2.24, 2.45) is 5.92 Å². The van der Waals surface area contributed by atoms with E-state index in [2.05, 4.69) is 11.9 Å². The molecule has 1 saturated carbocycles. The maximum Gasteiger partial charge on any atom is 0.148 e. The second-order valence-electron chi connectivity index (χ2n) is 7.70. The van der Waals surface area contributed by atoms with Crippen LogP contribution >= 0.6 is 11.6 Å². The lowest BCUT2D eigenvalue weighted by Gasteiger charge is -2.14. The number of hydrogen-bond acceptors (Lipinski definition) is 3. The van der Waals surface area contributed by atoms with Crippen LogP contribution in [0.3, 0.4) is 0 Å². The molecule has 0 spiro atoms. The molecule has 29 heavy (non-hydrogen) atoms. The van der Waals surface area contributed by atoms with Crippen molar-refractivity contribution in [1.82, 2.24) is 14.5 Å². The highest BCUT2D eigenvalue weighted by atomic mass is 35.5. The number of imidazole rings is 1. The van der Waals surface area contributed by atoms with Crippen molar-refractivity contribution in [1.29, 1.82) is 0 Å². The average molecular weight is 414 g/mol. The van der Waals surface area contributed by atoms with Gasteiger partial charge in [-0.3, -0.25) is 4.57 Å². The second-order valence-corrected chi connectivity index (χ2v) is 8.14. The third kappa shape index (κ3) is 4.80. The summed E-state index contributed by atoms with van der Waals surface area (Å²) < 4.78 is 21.2. The van der Waals surface area contributed by atoms with Crippen LogP contribution in [0.5, 0.6) is 5.75 Å². The van der Waals surface area contributed by atoms with Gasteiger partial charge in [-0.05, 0) is 62.2 Å². The zero-order valence-corrected chi connectivity index (χ0v) is 17.5. The van der Waals surface area contributed by atoms with Crippen LogP contribution in [0, 0.1) is 11.7 Å². The molecule has 1 aliphatic rings. The van der Waals surface area contributed by atoms with Gasteiger partial charge < -0.3 is 9.64 Å². The van der Waals surface area contributed by atoms with E-state index in [-0.39, 0.29) is 5.82 Å². The van der Waals surface area contributed by atoms with Gasteiger partial charge >= 0.3 is 0 Å². The van der Waals surface area contributed by atoms with E-state index in [9.17, 15) is 4.39 Å². The first kappa shape index (κ1) is 19.9. The summed E-state index contributed by atoms with van der Waals surface area (Å²) in [6, 6.07) is 12.1. The Hall–Kier alpha value is -2.37. The maximum absolute atomic E-state index is 13.7. The molecule has 1 fully saturated rings. The zero-order chi connectivity index (χ0) is 20.4. The molecule has 2 aromatic carbocycles. The van der Waals surface area contributed by atoms with E-state index in [1.54, 1.807) is 13.2 Å². The summed E-state index contributed by atoms with van der Waals surface area (Å²) in [5.41, 5.74) is 2.69. The zero-order valence-electron chi connectivity index (χ0n) is 16.7. The second kappa shape index (κ2) is 8.56. The van der Waals surface area contributed by atoms with Crippen molar-refractivity contribution in [3.05, 3.63) is 65.2 Å². The largest absolute Gasteiger partial charge is 0.496 e. The smallest absolute Gasteiger partial charge is 0.148 e. The Bertz CT molecular complexity index is 982. The lowest BCUT2D eigenvalue weighted by molar-refractivity contribution is 0.323. The average Bonchev–Trinajstić information content (AvgIpc) is 3.43. The van der Waals surface area contributed by atoms with Crippen LogP contribution in [0.4, 0.5) is 4.39 Å². The van der Waals surface area contributed by atoms with Crippen LogP contribution in [0.1, 0.15) is 18.5 Å². The van der Waals surface area contributed by atoms with Gasteiger partial charge in [-0.15, -0.1) is 0 Å². The number of nitrogens with zero attached hydrogens (tertiary/aromatic N) is 3. The normalized spacial score (nSPS) is 13.8. The summed E-state index contributed by atoms with van der Waals surface area (Å²) in [6.07, 6.45) is 5.60. The standard InChI is InChI=1S/C23H25ClFN3O/c1-27(14-16-3-4-16)12-11-19-15-28(20-8-5-17(24)6-9-20)23(26-19)21-10-7-18(25)13-22(21)29-2/h5-10,13,15-16H,3-4,11-12,14H2,1-2H3. The molecule has 6 heteroatoms. The lowest BCUT2D eigenvalue weighted by Crippen LogP contribution is -2.23. The van der Waals surface area contributed by atoms with E-state index < -0.39 is 0 Å². The van der Waals surface area contributed by atoms with Gasteiger partial charge in [0.25, 0.3) is 0 Å². The maximum atomic E-state index is 13.7. The first-order valence-electron chi connectivity index (χ1n) is 9.90. The number of likely N-dealkylation sites (N-methyl/N-ethyl adjacent to an activating group) is 1. The Balaban J connectivity index is 1.68. The monoisotopic (exact) mass is 413 g/mol. The fourth-order valence-electron chi connectivity index (χ4n) is 3.53. The molecule has 152 valence electrons. The lowest BCUT2D eigenvalue weighted by atomic mass is 10.1. The van der Waals surface area contributed by atoms with E-state index in [0.717, 1.165) is 48.2 Å². The van der Waals surface area contributed by atoms with E-state index in [1.807, 2.05) is 35.0 Å². The van der Waals surface area contributed by atoms with E-state index in [4.69, 9.17) is 21.3 Å². The van der Waals surface area contributed by atoms with Gasteiger partial charge in [-0.1, -0.05) is 11.6 Å². The Morgan fingerprint density at radius 3 is 2.66 bits per heavy atom. The van der Waals surface area contributed by atoms with Crippen LogP contribution in [-0.4, -0.2) is 41.7 Å². The molecule has 0 saturated heterocycles. The minimum absolute atomic E-state index is 0.336. The Kier molecular flexibility index (Phi) is 5.88. The summed E-state index contributed by atoms with van der Waals surface area (Å²) in [5, 5.41) is 0.678. The van der Waals surface area contributed by atoms with Crippen molar-refractivity contribution >= 4 is 11.6 Å². The summed E-state index contributed by atoms with van der Waals surface area (Å²) in [6.45, 7) is 2.10. The molecule has 3 aromatic rings. The van der Waals surface area contributed by atoms with Crippen molar-refractivity contribution < 1.29 is 9.13 Å². The molecule has 0 atom stereocenters. The van der Waals surface area contributed by atoms with Crippen molar-refractivity contribution in [2.75, 3.05) is 27.2 Å². The minimum Gasteiger partial charge on any atom is -0.496 e. The molecular weight excluding hydrogens is 389 g/mol. The van der Waals surface area contributed by atoms with Gasteiger partial charge in [-0.25, -0.2) is 9.37 Å². The molecular formula is C23H25ClFN3O. The molecule has 0 N–H and O–H groups in total. The quantitative estimate of drug-likeness (QED) is 0.507. The topological polar surface area (TPSA) is 30.3 Å². The molecule has 1 aliphatic carbocycles. The molecule has 0 bridgehead atoms. The van der Waals surface area contributed by atoms with Crippen LogP contribution in [0.2, 0.25) is 5.02 Å². The van der Waals surface area contributed by atoms with Crippen molar-refractivity contribution in [2.45, 2.75) is 19.3 Å². The van der Waals surface area contributed by atoms with Crippen molar-refractivity contribution in [3.63, 3.8) is 0 Å². The number of rotatable bonds is 8.